The summed E-state index contributed by atoms with van der Waals surface area (Å²) in [7, 11) is 0. The number of anilines is 1. The van der Waals surface area contributed by atoms with Gasteiger partial charge in [0.1, 0.15) is 11.5 Å². The standard InChI is InChI=1S/C19H14F2N2O3S/c20-18(21)26-16-4-2-1-3-13(16)14-10-27-19(22-14)23-17(24)12-5-6-15-11(9-12)7-8-25-15/h1-6,9-10,18H,7-8H2,(H,22,23,24). The van der Waals surface area contributed by atoms with Crippen molar-refractivity contribution in [2.75, 3.05) is 11.9 Å². The number of alkyl halides is 2. The first-order chi connectivity index (χ1) is 13.1. The first kappa shape index (κ1) is 17.4. The molecule has 0 radical (unpaired) electrons. The predicted octanol–water partition coefficient (Wildman–Crippen LogP) is 4.60. The van der Waals surface area contributed by atoms with E-state index in [-0.39, 0.29) is 11.7 Å². The predicted molar refractivity (Wildman–Crippen MR) is 97.8 cm³/mol. The molecule has 8 heteroatoms. The Labute approximate surface area is 157 Å². The van der Waals surface area contributed by atoms with E-state index in [0.29, 0.717) is 28.6 Å². The van der Waals surface area contributed by atoms with E-state index in [1.807, 2.05) is 0 Å². The summed E-state index contributed by atoms with van der Waals surface area (Å²) in [6.07, 6.45) is 0.777. The van der Waals surface area contributed by atoms with Crippen LogP contribution in [0.2, 0.25) is 0 Å². The smallest absolute Gasteiger partial charge is 0.387 e. The van der Waals surface area contributed by atoms with Gasteiger partial charge in [-0.05, 0) is 35.9 Å². The third-order valence-corrected chi connectivity index (χ3v) is 4.81. The average Bonchev–Trinajstić information content (AvgIpc) is 3.30. The second kappa shape index (κ2) is 7.32. The van der Waals surface area contributed by atoms with Crippen LogP contribution in [0.5, 0.6) is 11.5 Å². The van der Waals surface area contributed by atoms with Crippen LogP contribution in [0.15, 0.2) is 47.8 Å². The number of para-hydroxylation sites is 1. The number of thiazole rings is 1. The molecule has 1 amide bonds. The summed E-state index contributed by atoms with van der Waals surface area (Å²) in [6.45, 7) is -2.30. The second-order valence-electron chi connectivity index (χ2n) is 5.79. The normalized spacial score (nSPS) is 12.6. The maximum absolute atomic E-state index is 12.6. The number of hydrogen-bond donors (Lipinski definition) is 1. The molecule has 1 aromatic heterocycles. The van der Waals surface area contributed by atoms with Crippen molar-refractivity contribution in [2.24, 2.45) is 0 Å². The molecule has 2 aromatic carbocycles. The minimum Gasteiger partial charge on any atom is -0.493 e. The molecule has 0 saturated heterocycles. The van der Waals surface area contributed by atoms with Crippen LogP contribution in [-0.2, 0) is 6.42 Å². The molecule has 0 saturated carbocycles. The Morgan fingerprint density at radius 1 is 1.26 bits per heavy atom. The lowest BCUT2D eigenvalue weighted by atomic mass is 10.1. The molecular weight excluding hydrogens is 374 g/mol. The fourth-order valence-corrected chi connectivity index (χ4v) is 3.53. The van der Waals surface area contributed by atoms with Gasteiger partial charge in [-0.3, -0.25) is 10.1 Å². The van der Waals surface area contributed by atoms with E-state index in [1.54, 1.807) is 41.8 Å². The van der Waals surface area contributed by atoms with Crippen molar-refractivity contribution >= 4 is 22.4 Å². The molecule has 27 heavy (non-hydrogen) atoms. The number of halogens is 2. The molecule has 5 nitrogen and oxygen atoms in total. The number of rotatable bonds is 5. The Kier molecular flexibility index (Phi) is 4.72. The molecular formula is C19H14F2N2O3S. The molecule has 1 aliphatic rings. The summed E-state index contributed by atoms with van der Waals surface area (Å²) in [5.74, 6) is 0.552. The summed E-state index contributed by atoms with van der Waals surface area (Å²) in [6, 6.07) is 11.7. The molecule has 1 N–H and O–H groups in total. The van der Waals surface area contributed by atoms with Crippen LogP contribution in [-0.4, -0.2) is 24.1 Å². The number of nitrogens with zero attached hydrogens (tertiary/aromatic N) is 1. The molecule has 1 aliphatic heterocycles. The Hall–Kier alpha value is -3.00. The van der Waals surface area contributed by atoms with E-state index >= 15 is 0 Å². The number of hydrogen-bond acceptors (Lipinski definition) is 5. The third-order valence-electron chi connectivity index (χ3n) is 4.06. The number of amides is 1. The minimum atomic E-state index is -2.92. The maximum Gasteiger partial charge on any atom is 0.387 e. The summed E-state index contributed by atoms with van der Waals surface area (Å²) in [5.41, 5.74) is 2.40. The van der Waals surface area contributed by atoms with E-state index < -0.39 is 6.61 Å². The first-order valence-electron chi connectivity index (χ1n) is 8.17. The van der Waals surface area contributed by atoms with Gasteiger partial charge in [-0.1, -0.05) is 12.1 Å². The van der Waals surface area contributed by atoms with Gasteiger partial charge in [0.05, 0.1) is 12.3 Å². The van der Waals surface area contributed by atoms with Gasteiger partial charge < -0.3 is 9.47 Å². The lowest BCUT2D eigenvalue weighted by molar-refractivity contribution is -0.0494. The third kappa shape index (κ3) is 3.75. The SMILES string of the molecule is O=C(Nc1nc(-c2ccccc2OC(F)F)cs1)c1ccc2c(c1)CCO2. The highest BCUT2D eigenvalue weighted by Gasteiger charge is 2.17. The summed E-state index contributed by atoms with van der Waals surface area (Å²) < 4.78 is 35.1. The lowest BCUT2D eigenvalue weighted by Gasteiger charge is -2.08. The van der Waals surface area contributed by atoms with Gasteiger partial charge in [0.2, 0.25) is 0 Å². The number of aromatic nitrogens is 1. The first-order valence-corrected chi connectivity index (χ1v) is 9.05. The number of fused-ring (bicyclic) bond motifs is 1. The van der Waals surface area contributed by atoms with Crippen LogP contribution in [0.1, 0.15) is 15.9 Å². The lowest BCUT2D eigenvalue weighted by Crippen LogP contribution is -2.11. The topological polar surface area (TPSA) is 60.5 Å². The maximum atomic E-state index is 12.6. The average molecular weight is 388 g/mol. The summed E-state index contributed by atoms with van der Waals surface area (Å²) >= 11 is 1.21. The van der Waals surface area contributed by atoms with Gasteiger partial charge in [-0.15, -0.1) is 11.3 Å². The van der Waals surface area contributed by atoms with Crippen LogP contribution in [0, 0.1) is 0 Å². The van der Waals surface area contributed by atoms with Gasteiger partial charge in [-0.25, -0.2) is 4.98 Å². The highest BCUT2D eigenvalue weighted by molar-refractivity contribution is 7.14. The van der Waals surface area contributed by atoms with Gasteiger partial charge in [0.25, 0.3) is 5.91 Å². The Morgan fingerprint density at radius 2 is 2.11 bits per heavy atom. The van der Waals surface area contributed by atoms with Crippen molar-refractivity contribution in [2.45, 2.75) is 13.0 Å². The molecule has 4 rings (SSSR count). The summed E-state index contributed by atoms with van der Waals surface area (Å²) in [4.78, 5) is 16.8. The van der Waals surface area contributed by atoms with Gasteiger partial charge >= 0.3 is 6.61 Å². The van der Waals surface area contributed by atoms with Gasteiger partial charge in [0, 0.05) is 22.9 Å². The van der Waals surface area contributed by atoms with Crippen LogP contribution in [0.3, 0.4) is 0 Å². The molecule has 2 heterocycles. The van der Waals surface area contributed by atoms with Crippen molar-refractivity contribution in [1.29, 1.82) is 0 Å². The number of ether oxygens (including phenoxy) is 2. The van der Waals surface area contributed by atoms with Crippen molar-refractivity contribution < 1.29 is 23.0 Å². The molecule has 0 spiro atoms. The van der Waals surface area contributed by atoms with Crippen LogP contribution < -0.4 is 14.8 Å². The van der Waals surface area contributed by atoms with E-state index in [4.69, 9.17) is 4.74 Å². The minimum absolute atomic E-state index is 0.0364. The number of nitrogens with one attached hydrogen (secondary N) is 1. The molecule has 0 atom stereocenters. The molecule has 0 fully saturated rings. The molecule has 0 bridgehead atoms. The van der Waals surface area contributed by atoms with E-state index in [1.165, 1.54) is 17.4 Å². The molecule has 138 valence electrons. The van der Waals surface area contributed by atoms with Gasteiger partial charge in [0.15, 0.2) is 5.13 Å². The van der Waals surface area contributed by atoms with Crippen LogP contribution in [0.25, 0.3) is 11.3 Å². The fourth-order valence-electron chi connectivity index (χ4n) is 2.83. The number of carbonyl (C=O) groups excluding carboxylic acids is 1. The molecule has 3 aromatic rings. The van der Waals surface area contributed by atoms with Crippen molar-refractivity contribution in [1.82, 2.24) is 4.98 Å². The highest BCUT2D eigenvalue weighted by Crippen LogP contribution is 2.33. The van der Waals surface area contributed by atoms with E-state index in [0.717, 1.165) is 17.7 Å². The molecule has 0 unspecified atom stereocenters. The van der Waals surface area contributed by atoms with E-state index in [2.05, 4.69) is 15.0 Å². The van der Waals surface area contributed by atoms with Crippen molar-refractivity contribution in [3.8, 4) is 22.8 Å². The Bertz CT molecular complexity index is 991. The van der Waals surface area contributed by atoms with E-state index in [9.17, 15) is 13.6 Å². The van der Waals surface area contributed by atoms with Crippen molar-refractivity contribution in [3.63, 3.8) is 0 Å². The number of carbonyl (C=O) groups is 1. The largest absolute Gasteiger partial charge is 0.493 e. The Morgan fingerprint density at radius 3 is 2.96 bits per heavy atom. The Balaban J connectivity index is 1.53. The molecule has 0 aliphatic carbocycles. The fraction of sp³-hybridized carbons (Fsp3) is 0.158. The zero-order valence-electron chi connectivity index (χ0n) is 13.9. The monoisotopic (exact) mass is 388 g/mol. The zero-order valence-corrected chi connectivity index (χ0v) is 14.8. The summed E-state index contributed by atoms with van der Waals surface area (Å²) in [5, 5.41) is 4.79. The van der Waals surface area contributed by atoms with Crippen LogP contribution >= 0.6 is 11.3 Å². The zero-order chi connectivity index (χ0) is 18.8. The van der Waals surface area contributed by atoms with Gasteiger partial charge in [-0.2, -0.15) is 8.78 Å². The van der Waals surface area contributed by atoms with Crippen molar-refractivity contribution in [3.05, 3.63) is 59.0 Å². The quantitative estimate of drug-likeness (QED) is 0.694. The number of benzene rings is 2. The second-order valence-corrected chi connectivity index (χ2v) is 6.65. The van der Waals surface area contributed by atoms with Crippen LogP contribution in [0.4, 0.5) is 13.9 Å². The highest BCUT2D eigenvalue weighted by atomic mass is 32.1.